The number of halogens is 1. The Morgan fingerprint density at radius 2 is 1.89 bits per heavy atom. The van der Waals surface area contributed by atoms with Crippen LogP contribution in [0.15, 0.2) is 54.9 Å². The first kappa shape index (κ1) is 24.8. The van der Waals surface area contributed by atoms with Gasteiger partial charge in [0.25, 0.3) is 0 Å². The van der Waals surface area contributed by atoms with Crippen molar-refractivity contribution in [2.24, 2.45) is 0 Å². The molecule has 1 aliphatic rings. The fraction of sp³-hybridized carbons (Fsp3) is 0.269. The maximum absolute atomic E-state index is 15.5. The highest BCUT2D eigenvalue weighted by molar-refractivity contribution is 7.92. The minimum atomic E-state index is -3.70. The van der Waals surface area contributed by atoms with E-state index in [1.807, 2.05) is 6.07 Å². The van der Waals surface area contributed by atoms with E-state index in [1.54, 1.807) is 48.8 Å². The third-order valence-electron chi connectivity index (χ3n) is 6.15. The third-order valence-corrected chi connectivity index (χ3v) is 6.72. The number of rotatable bonds is 7. The predicted octanol–water partition coefficient (Wildman–Crippen LogP) is 4.47. The second-order valence-electron chi connectivity index (χ2n) is 8.97. The summed E-state index contributed by atoms with van der Waals surface area (Å²) in [4.78, 5) is 13.4. The van der Waals surface area contributed by atoms with Crippen molar-refractivity contribution in [3.05, 3.63) is 66.2 Å². The van der Waals surface area contributed by atoms with Crippen molar-refractivity contribution in [2.45, 2.75) is 25.8 Å². The van der Waals surface area contributed by atoms with Crippen LogP contribution in [-0.4, -0.2) is 48.8 Å². The van der Waals surface area contributed by atoms with E-state index < -0.39 is 15.8 Å². The fourth-order valence-electron chi connectivity index (χ4n) is 4.42. The largest absolute Gasteiger partial charge is 0.437 e. The van der Waals surface area contributed by atoms with Crippen LogP contribution in [0.2, 0.25) is 0 Å². The average molecular weight is 523 g/mol. The molecule has 1 aliphatic heterocycles. The maximum atomic E-state index is 15.5. The summed E-state index contributed by atoms with van der Waals surface area (Å²) in [6.07, 6.45) is 6.35. The zero-order valence-electron chi connectivity index (χ0n) is 20.5. The molecule has 2 aromatic heterocycles. The van der Waals surface area contributed by atoms with Crippen molar-refractivity contribution < 1.29 is 17.5 Å². The molecule has 0 amide bonds. The Balaban J connectivity index is 1.54. The van der Waals surface area contributed by atoms with Gasteiger partial charge in [-0.05, 0) is 44.5 Å². The maximum Gasteiger partial charge on any atom is 0.229 e. The van der Waals surface area contributed by atoms with Gasteiger partial charge in [0, 0.05) is 41.3 Å². The topological polar surface area (TPSA) is 118 Å². The van der Waals surface area contributed by atoms with Crippen LogP contribution in [0.5, 0.6) is 11.6 Å². The molecule has 3 N–H and O–H groups in total. The highest BCUT2D eigenvalue weighted by Crippen LogP contribution is 2.41. The lowest BCUT2D eigenvalue weighted by Crippen LogP contribution is -2.38. The molecule has 5 rings (SSSR count). The molecule has 0 radical (unpaired) electrons. The van der Waals surface area contributed by atoms with Gasteiger partial charge in [-0.15, -0.1) is 0 Å². The summed E-state index contributed by atoms with van der Waals surface area (Å²) in [7, 11) is -3.70. The Bertz CT molecular complexity index is 1560. The first-order valence-electron chi connectivity index (χ1n) is 11.9. The van der Waals surface area contributed by atoms with E-state index in [2.05, 4.69) is 30.3 Å². The number of anilines is 2. The third kappa shape index (κ3) is 5.47. The van der Waals surface area contributed by atoms with Crippen LogP contribution in [0.3, 0.4) is 0 Å². The number of hydrogen-bond donors (Lipinski definition) is 3. The number of nitrogens with zero attached hydrogens (tertiary/aromatic N) is 3. The molecule has 0 saturated carbocycles. The molecule has 2 aromatic carbocycles. The molecule has 0 unspecified atom stereocenters. The molecule has 1 fully saturated rings. The lowest BCUT2D eigenvalue weighted by molar-refractivity contribution is 0.461. The number of sulfonamides is 1. The summed E-state index contributed by atoms with van der Waals surface area (Å²) < 4.78 is 47.8. The number of ether oxygens (including phenoxy) is 1. The van der Waals surface area contributed by atoms with Crippen molar-refractivity contribution in [2.75, 3.05) is 29.4 Å². The number of hydrogen-bond acceptors (Lipinski definition) is 8. The lowest BCUT2D eigenvalue weighted by atomic mass is 10.0. The molecular weight excluding hydrogens is 495 g/mol. The van der Waals surface area contributed by atoms with Crippen LogP contribution in [0.4, 0.5) is 16.0 Å². The normalized spacial score (nSPS) is 15.9. The van der Waals surface area contributed by atoms with E-state index >= 15 is 4.39 Å². The molecule has 0 bridgehead atoms. The molecule has 3 heterocycles. The van der Waals surface area contributed by atoms with Gasteiger partial charge in [0.2, 0.25) is 21.9 Å². The van der Waals surface area contributed by atoms with Crippen LogP contribution >= 0.6 is 0 Å². The zero-order chi connectivity index (χ0) is 26.0. The minimum absolute atomic E-state index is 0.118. The predicted molar refractivity (Wildman–Crippen MR) is 142 cm³/mol. The highest BCUT2D eigenvalue weighted by atomic mass is 32.2. The van der Waals surface area contributed by atoms with Crippen molar-refractivity contribution in [3.8, 4) is 22.9 Å². The molecule has 9 nitrogen and oxygen atoms in total. The van der Waals surface area contributed by atoms with Crippen molar-refractivity contribution in [3.63, 3.8) is 0 Å². The highest BCUT2D eigenvalue weighted by Gasteiger charge is 2.22. The molecule has 1 saturated heterocycles. The SMILES string of the molecule is Cc1c(F)c(NS(C)(=O)=O)c2ccccc2c1Oc1ncccc1-c1ccnc(N[C@H]2CCCNC2)n1. The molecule has 1 atom stereocenters. The van der Waals surface area contributed by atoms with Crippen LogP contribution in [0, 0.1) is 12.7 Å². The van der Waals surface area contributed by atoms with Gasteiger partial charge < -0.3 is 15.4 Å². The van der Waals surface area contributed by atoms with Crippen LogP contribution < -0.4 is 20.1 Å². The lowest BCUT2D eigenvalue weighted by Gasteiger charge is -2.23. The molecule has 0 spiro atoms. The number of aromatic nitrogens is 3. The Morgan fingerprint density at radius 3 is 2.65 bits per heavy atom. The smallest absolute Gasteiger partial charge is 0.229 e. The monoisotopic (exact) mass is 522 g/mol. The number of benzene rings is 2. The van der Waals surface area contributed by atoms with Gasteiger partial charge >= 0.3 is 0 Å². The number of fused-ring (bicyclic) bond motifs is 1. The average Bonchev–Trinajstić information content (AvgIpc) is 2.89. The van der Waals surface area contributed by atoms with E-state index in [0.29, 0.717) is 28.0 Å². The van der Waals surface area contributed by atoms with Gasteiger partial charge in [-0.25, -0.2) is 27.8 Å². The second kappa shape index (κ2) is 10.3. The first-order chi connectivity index (χ1) is 17.8. The van der Waals surface area contributed by atoms with Crippen molar-refractivity contribution in [1.82, 2.24) is 20.3 Å². The number of pyridine rings is 1. The van der Waals surface area contributed by atoms with Gasteiger partial charge in [-0.1, -0.05) is 24.3 Å². The summed E-state index contributed by atoms with van der Waals surface area (Å²) in [5.41, 5.74) is 1.24. The van der Waals surface area contributed by atoms with E-state index in [-0.39, 0.29) is 28.9 Å². The van der Waals surface area contributed by atoms with E-state index in [9.17, 15) is 8.42 Å². The fourth-order valence-corrected chi connectivity index (χ4v) is 4.99. The zero-order valence-corrected chi connectivity index (χ0v) is 21.3. The minimum Gasteiger partial charge on any atom is -0.437 e. The molecular formula is C26H27FN6O3S. The number of piperidine rings is 1. The van der Waals surface area contributed by atoms with E-state index in [4.69, 9.17) is 4.74 Å². The Labute approximate surface area is 214 Å². The Kier molecular flexibility index (Phi) is 6.90. The molecule has 0 aliphatic carbocycles. The Morgan fingerprint density at radius 1 is 1.08 bits per heavy atom. The van der Waals surface area contributed by atoms with Gasteiger partial charge in [0.05, 0.1) is 23.2 Å². The van der Waals surface area contributed by atoms with Gasteiger partial charge in [0.15, 0.2) is 5.82 Å². The van der Waals surface area contributed by atoms with Crippen LogP contribution in [0.25, 0.3) is 22.0 Å². The van der Waals surface area contributed by atoms with E-state index in [1.165, 1.54) is 6.92 Å². The summed E-state index contributed by atoms with van der Waals surface area (Å²) in [6.45, 7) is 3.39. The van der Waals surface area contributed by atoms with Gasteiger partial charge in [-0.3, -0.25) is 4.72 Å². The molecule has 37 heavy (non-hydrogen) atoms. The second-order valence-corrected chi connectivity index (χ2v) is 10.7. The summed E-state index contributed by atoms with van der Waals surface area (Å²) in [5.74, 6) is 0.270. The first-order valence-corrected chi connectivity index (χ1v) is 13.8. The summed E-state index contributed by atoms with van der Waals surface area (Å²) in [6, 6.07) is 12.5. The van der Waals surface area contributed by atoms with Gasteiger partial charge in [0.1, 0.15) is 5.75 Å². The molecule has 192 valence electrons. The Hall–Kier alpha value is -3.83. The van der Waals surface area contributed by atoms with Crippen LogP contribution in [-0.2, 0) is 10.0 Å². The van der Waals surface area contributed by atoms with E-state index in [0.717, 1.165) is 32.2 Å². The van der Waals surface area contributed by atoms with Crippen molar-refractivity contribution in [1.29, 1.82) is 0 Å². The number of nitrogens with one attached hydrogen (secondary N) is 3. The standard InChI is InChI=1S/C26H27FN6O3S/c1-16-22(27)23(33-37(2,34)35)18-8-3-4-9-19(18)24(16)36-25-20(10-6-13-29-25)21-11-14-30-26(32-21)31-17-7-5-12-28-15-17/h3-4,6,8-11,13-14,17,28,33H,5,7,12,15H2,1-2H3,(H,30,31,32)/t17-/m0/s1. The van der Waals surface area contributed by atoms with Crippen LogP contribution in [0.1, 0.15) is 18.4 Å². The molecule has 4 aromatic rings. The summed E-state index contributed by atoms with van der Waals surface area (Å²) >= 11 is 0. The van der Waals surface area contributed by atoms with Crippen molar-refractivity contribution >= 4 is 32.4 Å². The quantitative estimate of drug-likeness (QED) is 0.326. The summed E-state index contributed by atoms with van der Waals surface area (Å²) in [5, 5.41) is 7.65. The van der Waals surface area contributed by atoms with Gasteiger partial charge in [-0.2, -0.15) is 0 Å². The molecule has 11 heteroatoms.